The molecule has 0 atom stereocenters. The van der Waals surface area contributed by atoms with Crippen molar-refractivity contribution in [2.45, 2.75) is 31.1 Å². The summed E-state index contributed by atoms with van der Waals surface area (Å²) in [6.45, 7) is 2.84. The normalized spacial score (nSPS) is 17.3. The van der Waals surface area contributed by atoms with Crippen molar-refractivity contribution in [1.29, 1.82) is 0 Å². The molecule has 1 saturated heterocycles. The van der Waals surface area contributed by atoms with Crippen molar-refractivity contribution < 1.29 is 36.7 Å². The Morgan fingerprint density at radius 3 is 2.28 bits per heavy atom. The Bertz CT molecular complexity index is 1220. The van der Waals surface area contributed by atoms with Crippen LogP contribution in [-0.4, -0.2) is 74.4 Å². The summed E-state index contributed by atoms with van der Waals surface area (Å²) < 4.78 is 52.7. The Kier molecular flexibility index (Phi) is 6.85. The highest BCUT2D eigenvalue weighted by molar-refractivity contribution is 5.91. The lowest BCUT2D eigenvalue weighted by molar-refractivity contribution is -0.192. The van der Waals surface area contributed by atoms with Crippen LogP contribution < -0.4 is 0 Å². The number of hydrogen-bond donors (Lipinski definition) is 1. The topological polar surface area (TPSA) is 105 Å². The Morgan fingerprint density at radius 1 is 1.08 bits per heavy atom. The fourth-order valence-electron chi connectivity index (χ4n) is 4.64. The molecule has 0 saturated carbocycles. The number of amides is 1. The van der Waals surface area contributed by atoms with Crippen molar-refractivity contribution in [2.75, 3.05) is 26.7 Å². The van der Waals surface area contributed by atoms with E-state index in [1.807, 2.05) is 4.90 Å². The third-order valence-electron chi connectivity index (χ3n) is 6.24. The number of halogens is 4. The summed E-state index contributed by atoms with van der Waals surface area (Å²) in [6, 6.07) is 9.81. The van der Waals surface area contributed by atoms with Crippen molar-refractivity contribution in [1.82, 2.24) is 24.6 Å². The van der Waals surface area contributed by atoms with Gasteiger partial charge in [0.05, 0.1) is 18.3 Å². The molecule has 9 nitrogen and oxygen atoms in total. The van der Waals surface area contributed by atoms with Gasteiger partial charge in [-0.1, -0.05) is 0 Å². The minimum atomic E-state index is -5.08. The number of carboxylic acids is 1. The van der Waals surface area contributed by atoms with E-state index in [0.717, 1.165) is 36.6 Å². The van der Waals surface area contributed by atoms with Crippen LogP contribution in [-0.2, 0) is 16.9 Å². The zero-order valence-corrected chi connectivity index (χ0v) is 19.2. The van der Waals surface area contributed by atoms with E-state index in [0.29, 0.717) is 25.4 Å². The molecule has 1 amide bonds. The van der Waals surface area contributed by atoms with Gasteiger partial charge in [-0.25, -0.2) is 9.18 Å². The largest absolute Gasteiger partial charge is 0.490 e. The lowest BCUT2D eigenvalue weighted by Gasteiger charge is -2.48. The maximum atomic E-state index is 13.4. The smallest absolute Gasteiger partial charge is 0.475 e. The van der Waals surface area contributed by atoms with Crippen LogP contribution in [0.1, 0.15) is 29.2 Å². The number of alkyl halides is 3. The summed E-state index contributed by atoms with van der Waals surface area (Å²) in [5.41, 5.74) is 0.651. The lowest BCUT2D eigenvalue weighted by atomic mass is 9.84. The predicted octanol–water partition coefficient (Wildman–Crippen LogP) is 3.39. The first kappa shape index (κ1) is 25.4. The van der Waals surface area contributed by atoms with Crippen LogP contribution in [0.25, 0.3) is 11.4 Å². The minimum Gasteiger partial charge on any atom is -0.475 e. The molecular formula is C23H23F4N5O4. The SMILES string of the molecule is CN1Cc2nnc(-c3ccc(F)cc3)n2C2(CCN(C(=O)c3ccco3)CC2)C1.O=C(O)C(F)(F)F. The van der Waals surface area contributed by atoms with E-state index in [1.54, 1.807) is 24.3 Å². The highest BCUT2D eigenvalue weighted by Gasteiger charge is 2.44. The maximum absolute atomic E-state index is 13.4. The summed E-state index contributed by atoms with van der Waals surface area (Å²) in [5.74, 6) is -1.06. The summed E-state index contributed by atoms with van der Waals surface area (Å²) in [6.07, 6.45) is -1.97. The van der Waals surface area contributed by atoms with E-state index in [2.05, 4.69) is 26.7 Å². The van der Waals surface area contributed by atoms with E-state index in [-0.39, 0.29) is 17.3 Å². The van der Waals surface area contributed by atoms with Crippen LogP contribution in [0.2, 0.25) is 0 Å². The minimum absolute atomic E-state index is 0.0725. The first-order chi connectivity index (χ1) is 17.0. The summed E-state index contributed by atoms with van der Waals surface area (Å²) >= 11 is 0. The quantitative estimate of drug-likeness (QED) is 0.528. The van der Waals surface area contributed by atoms with Gasteiger partial charge in [-0.15, -0.1) is 10.2 Å². The molecule has 0 aliphatic carbocycles. The summed E-state index contributed by atoms with van der Waals surface area (Å²) in [4.78, 5) is 25.7. The molecule has 1 fully saturated rings. The number of likely N-dealkylation sites (N-methyl/N-ethyl adjacent to an activating group) is 1. The van der Waals surface area contributed by atoms with Crippen LogP contribution in [0.4, 0.5) is 17.6 Å². The number of carbonyl (C=O) groups excluding carboxylic acids is 1. The Hall–Kier alpha value is -3.74. The van der Waals surface area contributed by atoms with Gasteiger partial charge in [-0.2, -0.15) is 13.2 Å². The average molecular weight is 509 g/mol. The zero-order valence-electron chi connectivity index (χ0n) is 19.2. The van der Waals surface area contributed by atoms with Crippen molar-refractivity contribution in [3.63, 3.8) is 0 Å². The molecule has 36 heavy (non-hydrogen) atoms. The van der Waals surface area contributed by atoms with Crippen LogP contribution in [0.15, 0.2) is 47.1 Å². The molecular weight excluding hydrogens is 486 g/mol. The van der Waals surface area contributed by atoms with Crippen molar-refractivity contribution >= 4 is 11.9 Å². The number of furan rings is 1. The average Bonchev–Trinajstić information content (AvgIpc) is 3.50. The standard InChI is InChI=1S/C21H22FN5O2.C2HF3O2/c1-25-13-18-23-24-19(15-4-6-16(22)7-5-15)27(18)21(14-25)8-10-26(11-9-21)20(28)17-3-2-12-29-17;3-2(4,5)1(6)7/h2-7,12H,8-11,13-14H2,1H3;(H,6,7). The number of rotatable bonds is 2. The Balaban J connectivity index is 0.000000384. The van der Waals surface area contributed by atoms with Crippen LogP contribution in [0.5, 0.6) is 0 Å². The van der Waals surface area contributed by atoms with Crippen LogP contribution in [0.3, 0.4) is 0 Å². The third kappa shape index (κ3) is 5.10. The molecule has 2 aliphatic rings. The highest BCUT2D eigenvalue weighted by Crippen LogP contribution is 2.39. The molecule has 13 heteroatoms. The van der Waals surface area contributed by atoms with Crippen molar-refractivity contribution in [3.8, 4) is 11.4 Å². The molecule has 5 rings (SSSR count). The van der Waals surface area contributed by atoms with Gasteiger partial charge in [0, 0.05) is 25.2 Å². The Morgan fingerprint density at radius 2 is 1.72 bits per heavy atom. The molecule has 2 aliphatic heterocycles. The van der Waals surface area contributed by atoms with Crippen LogP contribution in [0, 0.1) is 5.82 Å². The fraction of sp³-hybridized carbons (Fsp3) is 0.391. The number of aromatic nitrogens is 3. The van der Waals surface area contributed by atoms with Gasteiger partial charge in [0.25, 0.3) is 5.91 Å². The number of hydrogen-bond acceptors (Lipinski definition) is 6. The molecule has 1 aromatic carbocycles. The van der Waals surface area contributed by atoms with Gasteiger partial charge in [0.2, 0.25) is 0 Å². The van der Waals surface area contributed by atoms with E-state index in [4.69, 9.17) is 14.3 Å². The number of aliphatic carboxylic acids is 1. The number of carboxylic acid groups (broad SMARTS) is 1. The number of benzene rings is 1. The third-order valence-corrected chi connectivity index (χ3v) is 6.24. The Labute approximate surface area is 202 Å². The molecule has 0 bridgehead atoms. The molecule has 0 unspecified atom stereocenters. The van der Waals surface area contributed by atoms with Gasteiger partial charge < -0.3 is 19.0 Å². The lowest BCUT2D eigenvalue weighted by Crippen LogP contribution is -2.56. The van der Waals surface area contributed by atoms with Gasteiger partial charge in [-0.05, 0) is 56.3 Å². The molecule has 1 spiro atoms. The summed E-state index contributed by atoms with van der Waals surface area (Å²) in [7, 11) is 2.08. The zero-order chi connectivity index (χ0) is 26.1. The second-order valence-electron chi connectivity index (χ2n) is 8.75. The van der Waals surface area contributed by atoms with Crippen molar-refractivity contribution in [3.05, 3.63) is 60.1 Å². The van der Waals surface area contributed by atoms with E-state index < -0.39 is 12.1 Å². The summed E-state index contributed by atoms with van der Waals surface area (Å²) in [5, 5.41) is 16.0. The molecule has 1 N–H and O–H groups in total. The number of likely N-dealkylation sites (tertiary alicyclic amines) is 1. The predicted molar refractivity (Wildman–Crippen MR) is 117 cm³/mol. The molecule has 3 aromatic rings. The second kappa shape index (κ2) is 9.72. The first-order valence-electron chi connectivity index (χ1n) is 11.0. The van der Waals surface area contributed by atoms with Gasteiger partial charge >= 0.3 is 12.1 Å². The number of piperidine rings is 1. The number of fused-ring (bicyclic) bond motifs is 2. The fourth-order valence-corrected chi connectivity index (χ4v) is 4.64. The highest BCUT2D eigenvalue weighted by atomic mass is 19.4. The first-order valence-corrected chi connectivity index (χ1v) is 11.0. The molecule has 0 radical (unpaired) electrons. The molecule has 4 heterocycles. The van der Waals surface area contributed by atoms with E-state index in [1.165, 1.54) is 18.4 Å². The van der Waals surface area contributed by atoms with Crippen LogP contribution >= 0.6 is 0 Å². The monoisotopic (exact) mass is 509 g/mol. The molecule has 2 aromatic heterocycles. The van der Waals surface area contributed by atoms with Gasteiger partial charge in [-0.3, -0.25) is 9.69 Å². The number of nitrogens with zero attached hydrogens (tertiary/aromatic N) is 5. The van der Waals surface area contributed by atoms with E-state index >= 15 is 0 Å². The number of carbonyl (C=O) groups is 2. The second-order valence-corrected chi connectivity index (χ2v) is 8.75. The van der Waals surface area contributed by atoms with Gasteiger partial charge in [0.1, 0.15) is 11.6 Å². The maximum Gasteiger partial charge on any atom is 0.490 e. The van der Waals surface area contributed by atoms with Gasteiger partial charge in [0.15, 0.2) is 11.6 Å². The van der Waals surface area contributed by atoms with E-state index in [9.17, 15) is 22.4 Å². The molecule has 192 valence electrons. The van der Waals surface area contributed by atoms with Crippen molar-refractivity contribution in [2.24, 2.45) is 0 Å².